The Labute approximate surface area is 126 Å². The maximum Gasteiger partial charge on any atom is 0.124 e. The minimum atomic E-state index is 0.120. The highest BCUT2D eigenvalue weighted by Gasteiger charge is 2.30. The van der Waals surface area contributed by atoms with Crippen molar-refractivity contribution in [3.8, 4) is 11.5 Å². The van der Waals surface area contributed by atoms with Crippen molar-refractivity contribution in [1.29, 1.82) is 0 Å². The maximum atomic E-state index is 10.1. The van der Waals surface area contributed by atoms with Crippen LogP contribution in [0.25, 0.3) is 0 Å². The van der Waals surface area contributed by atoms with Crippen LogP contribution >= 0.6 is 0 Å². The summed E-state index contributed by atoms with van der Waals surface area (Å²) in [6.07, 6.45) is 5.18. The average molecular weight is 290 g/mol. The lowest BCUT2D eigenvalue weighted by Gasteiger charge is -2.32. The van der Waals surface area contributed by atoms with Gasteiger partial charge in [0.1, 0.15) is 11.5 Å². The Bertz CT molecular complexity index is 482. The molecule has 0 amide bonds. The summed E-state index contributed by atoms with van der Waals surface area (Å²) < 4.78 is 0. The number of nitrogens with zero attached hydrogens (tertiary/aromatic N) is 1. The van der Waals surface area contributed by atoms with E-state index in [0.717, 1.165) is 31.1 Å². The summed E-state index contributed by atoms with van der Waals surface area (Å²) in [6, 6.07) is 5.69. The summed E-state index contributed by atoms with van der Waals surface area (Å²) in [5.41, 5.74) is 0.909. The summed E-state index contributed by atoms with van der Waals surface area (Å²) in [5, 5.41) is 23.1. The summed E-state index contributed by atoms with van der Waals surface area (Å²) in [7, 11) is 0. The molecule has 0 radical (unpaired) electrons. The molecule has 1 aliphatic heterocycles. The van der Waals surface area contributed by atoms with E-state index in [4.69, 9.17) is 0 Å². The van der Waals surface area contributed by atoms with Gasteiger partial charge in [-0.15, -0.1) is 0 Å². The van der Waals surface area contributed by atoms with Gasteiger partial charge in [-0.1, -0.05) is 6.07 Å². The van der Waals surface area contributed by atoms with Gasteiger partial charge in [0.05, 0.1) is 0 Å². The molecule has 1 saturated heterocycles. The van der Waals surface area contributed by atoms with Crippen molar-refractivity contribution >= 4 is 0 Å². The number of hydrogen-bond donors (Lipinski definition) is 3. The molecular formula is C17H26N2O2. The molecule has 0 bridgehead atoms. The van der Waals surface area contributed by atoms with Gasteiger partial charge in [-0.3, -0.25) is 4.90 Å². The van der Waals surface area contributed by atoms with E-state index < -0.39 is 0 Å². The minimum absolute atomic E-state index is 0.120. The fourth-order valence-electron chi connectivity index (χ4n) is 3.30. The number of rotatable bonds is 6. The first-order chi connectivity index (χ1) is 10.1. The van der Waals surface area contributed by atoms with Crippen LogP contribution in [0, 0.1) is 5.92 Å². The highest BCUT2D eigenvalue weighted by atomic mass is 16.3. The molecule has 116 valence electrons. The standard InChI is InChI=1S/C17H26N2O2/c1-12(16-7-6-15(20)9-17(16)21)19(10-13-4-5-13)11-14-3-2-8-18-14/h6-7,9,12-14,18,20-21H,2-5,8,10-11H2,1H3. The summed E-state index contributed by atoms with van der Waals surface area (Å²) in [6.45, 7) is 5.43. The van der Waals surface area contributed by atoms with Crippen LogP contribution < -0.4 is 5.32 Å². The van der Waals surface area contributed by atoms with Gasteiger partial charge in [-0.25, -0.2) is 0 Å². The molecule has 2 aliphatic rings. The maximum absolute atomic E-state index is 10.1. The first kappa shape index (κ1) is 14.7. The predicted molar refractivity (Wildman–Crippen MR) is 83.5 cm³/mol. The van der Waals surface area contributed by atoms with Gasteiger partial charge in [0, 0.05) is 36.8 Å². The number of nitrogens with one attached hydrogen (secondary N) is 1. The van der Waals surface area contributed by atoms with Crippen molar-refractivity contribution in [1.82, 2.24) is 10.2 Å². The molecule has 1 heterocycles. The zero-order valence-corrected chi connectivity index (χ0v) is 12.8. The Kier molecular flexibility index (Phi) is 4.36. The van der Waals surface area contributed by atoms with Gasteiger partial charge in [-0.05, 0) is 51.1 Å². The lowest BCUT2D eigenvalue weighted by atomic mass is 10.0. The molecule has 1 aliphatic carbocycles. The van der Waals surface area contributed by atoms with Crippen LogP contribution in [0.1, 0.15) is 44.2 Å². The third kappa shape index (κ3) is 3.69. The Morgan fingerprint density at radius 1 is 1.24 bits per heavy atom. The SMILES string of the molecule is CC(c1ccc(O)cc1O)N(CC1CC1)CC1CCCN1. The molecule has 0 aromatic heterocycles. The van der Waals surface area contributed by atoms with Crippen LogP contribution in [0.15, 0.2) is 18.2 Å². The van der Waals surface area contributed by atoms with Crippen molar-refractivity contribution in [2.24, 2.45) is 5.92 Å². The van der Waals surface area contributed by atoms with Crippen molar-refractivity contribution in [2.75, 3.05) is 19.6 Å². The van der Waals surface area contributed by atoms with Crippen molar-refractivity contribution < 1.29 is 10.2 Å². The minimum Gasteiger partial charge on any atom is -0.508 e. The van der Waals surface area contributed by atoms with Gasteiger partial charge in [0.2, 0.25) is 0 Å². The summed E-state index contributed by atoms with van der Waals surface area (Å²) in [5.74, 6) is 1.14. The molecule has 4 heteroatoms. The van der Waals surface area contributed by atoms with Gasteiger partial charge in [0.15, 0.2) is 0 Å². The van der Waals surface area contributed by atoms with Crippen LogP contribution in [-0.2, 0) is 0 Å². The molecule has 2 unspecified atom stereocenters. The second-order valence-electron chi connectivity index (χ2n) is 6.61. The fourth-order valence-corrected chi connectivity index (χ4v) is 3.30. The molecule has 2 fully saturated rings. The Morgan fingerprint density at radius 3 is 2.67 bits per heavy atom. The molecule has 4 nitrogen and oxygen atoms in total. The third-order valence-corrected chi connectivity index (χ3v) is 4.82. The Hall–Kier alpha value is -1.26. The van der Waals surface area contributed by atoms with E-state index in [9.17, 15) is 10.2 Å². The van der Waals surface area contributed by atoms with Crippen LogP contribution in [0.5, 0.6) is 11.5 Å². The van der Waals surface area contributed by atoms with Gasteiger partial charge in [-0.2, -0.15) is 0 Å². The van der Waals surface area contributed by atoms with Crippen LogP contribution in [-0.4, -0.2) is 40.8 Å². The molecular weight excluding hydrogens is 264 g/mol. The molecule has 1 aromatic rings. The van der Waals surface area contributed by atoms with Gasteiger partial charge < -0.3 is 15.5 Å². The van der Waals surface area contributed by atoms with Crippen molar-refractivity contribution in [2.45, 2.75) is 44.7 Å². The monoisotopic (exact) mass is 290 g/mol. The van der Waals surface area contributed by atoms with Gasteiger partial charge in [0.25, 0.3) is 0 Å². The second kappa shape index (κ2) is 6.24. The van der Waals surface area contributed by atoms with Crippen LogP contribution in [0.2, 0.25) is 0 Å². The fraction of sp³-hybridized carbons (Fsp3) is 0.647. The van der Waals surface area contributed by atoms with E-state index in [2.05, 4.69) is 17.1 Å². The van der Waals surface area contributed by atoms with Crippen molar-refractivity contribution in [3.05, 3.63) is 23.8 Å². The molecule has 3 N–H and O–H groups in total. The quantitative estimate of drug-likeness (QED) is 0.754. The first-order valence-corrected chi connectivity index (χ1v) is 8.13. The normalized spacial score (nSPS) is 23.6. The number of benzene rings is 1. The van der Waals surface area contributed by atoms with Gasteiger partial charge >= 0.3 is 0 Å². The van der Waals surface area contributed by atoms with E-state index in [1.54, 1.807) is 6.07 Å². The predicted octanol–water partition coefficient (Wildman–Crippen LogP) is 2.62. The lowest BCUT2D eigenvalue weighted by molar-refractivity contribution is 0.181. The highest BCUT2D eigenvalue weighted by Crippen LogP contribution is 2.36. The second-order valence-corrected chi connectivity index (χ2v) is 6.61. The lowest BCUT2D eigenvalue weighted by Crippen LogP contribution is -2.40. The van der Waals surface area contributed by atoms with E-state index in [-0.39, 0.29) is 17.5 Å². The van der Waals surface area contributed by atoms with Crippen LogP contribution in [0.3, 0.4) is 0 Å². The molecule has 1 aromatic carbocycles. The van der Waals surface area contributed by atoms with E-state index in [0.29, 0.717) is 6.04 Å². The summed E-state index contributed by atoms with van der Waals surface area (Å²) >= 11 is 0. The first-order valence-electron chi connectivity index (χ1n) is 8.13. The Balaban J connectivity index is 1.73. The number of phenols is 2. The van der Waals surface area contributed by atoms with E-state index in [1.165, 1.54) is 31.7 Å². The molecule has 2 atom stereocenters. The number of hydrogen-bond acceptors (Lipinski definition) is 4. The zero-order valence-electron chi connectivity index (χ0n) is 12.8. The summed E-state index contributed by atoms with van der Waals surface area (Å²) in [4.78, 5) is 2.49. The van der Waals surface area contributed by atoms with E-state index >= 15 is 0 Å². The molecule has 21 heavy (non-hydrogen) atoms. The smallest absolute Gasteiger partial charge is 0.124 e. The van der Waals surface area contributed by atoms with E-state index in [1.807, 2.05) is 6.07 Å². The molecule has 3 rings (SSSR count). The molecule has 1 saturated carbocycles. The average Bonchev–Trinajstić information content (AvgIpc) is 3.11. The molecule has 0 spiro atoms. The highest BCUT2D eigenvalue weighted by molar-refractivity contribution is 5.40. The van der Waals surface area contributed by atoms with Crippen molar-refractivity contribution in [3.63, 3.8) is 0 Å². The topological polar surface area (TPSA) is 55.7 Å². The number of aromatic hydroxyl groups is 2. The Morgan fingerprint density at radius 2 is 2.05 bits per heavy atom. The van der Waals surface area contributed by atoms with Crippen LogP contribution in [0.4, 0.5) is 0 Å². The third-order valence-electron chi connectivity index (χ3n) is 4.82. The number of phenolic OH excluding ortho intramolecular Hbond substituents is 2. The largest absolute Gasteiger partial charge is 0.508 e. The zero-order chi connectivity index (χ0) is 14.8.